The van der Waals surface area contributed by atoms with Gasteiger partial charge in [-0.15, -0.1) is 0 Å². The molecule has 1 heterocycles. The van der Waals surface area contributed by atoms with Crippen LogP contribution in [0.3, 0.4) is 0 Å². The summed E-state index contributed by atoms with van der Waals surface area (Å²) in [6.07, 6.45) is 0. The molecule has 1 aromatic carbocycles. The van der Waals surface area contributed by atoms with Gasteiger partial charge in [-0.05, 0) is 25.6 Å². The third-order valence-corrected chi connectivity index (χ3v) is 3.06. The van der Waals surface area contributed by atoms with Crippen LogP contribution in [0, 0.1) is 6.92 Å². The summed E-state index contributed by atoms with van der Waals surface area (Å²) in [7, 11) is 0. The molecule has 7 heteroatoms. The van der Waals surface area contributed by atoms with E-state index in [0.29, 0.717) is 34.1 Å². The number of rotatable bonds is 6. The Morgan fingerprint density at radius 1 is 1.35 bits per heavy atom. The molecular weight excluding hydrogens is 301 g/mol. The highest BCUT2D eigenvalue weighted by Gasteiger charge is 2.12. The number of benzene rings is 1. The molecule has 2 aromatic rings. The fourth-order valence-electron chi connectivity index (χ4n) is 1.70. The molecule has 0 fully saturated rings. The second-order valence-corrected chi connectivity index (χ2v) is 5.02. The van der Waals surface area contributed by atoms with E-state index in [1.165, 1.54) is 0 Å². The van der Waals surface area contributed by atoms with Crippen LogP contribution in [0.5, 0.6) is 5.75 Å². The number of aryl methyl sites for hydroxylation is 1. The van der Waals surface area contributed by atoms with E-state index in [9.17, 15) is 0 Å². The second-order valence-electron chi connectivity index (χ2n) is 4.18. The summed E-state index contributed by atoms with van der Waals surface area (Å²) in [6.45, 7) is 5.40. The second kappa shape index (κ2) is 6.92. The van der Waals surface area contributed by atoms with E-state index < -0.39 is 0 Å². The summed E-state index contributed by atoms with van der Waals surface area (Å²) in [5.41, 5.74) is 0.889. The smallest absolute Gasteiger partial charge is 0.264 e. The van der Waals surface area contributed by atoms with Gasteiger partial charge in [-0.1, -0.05) is 35.3 Å². The fraction of sp³-hybridized carbons (Fsp3) is 0.385. The van der Waals surface area contributed by atoms with Gasteiger partial charge in [-0.3, -0.25) is 0 Å². The van der Waals surface area contributed by atoms with Crippen molar-refractivity contribution in [2.45, 2.75) is 27.0 Å². The van der Waals surface area contributed by atoms with Gasteiger partial charge in [0.15, 0.2) is 12.4 Å². The van der Waals surface area contributed by atoms with Crippen LogP contribution < -0.4 is 10.1 Å². The molecule has 0 amide bonds. The van der Waals surface area contributed by atoms with Gasteiger partial charge in [-0.25, -0.2) is 0 Å². The van der Waals surface area contributed by atoms with Crippen LogP contribution in [-0.2, 0) is 13.2 Å². The van der Waals surface area contributed by atoms with Crippen molar-refractivity contribution in [2.24, 2.45) is 0 Å². The van der Waals surface area contributed by atoms with Crippen LogP contribution in [-0.4, -0.2) is 16.7 Å². The summed E-state index contributed by atoms with van der Waals surface area (Å²) in [5.74, 6) is 1.55. The molecule has 0 spiro atoms. The van der Waals surface area contributed by atoms with Crippen LogP contribution in [0.4, 0.5) is 0 Å². The van der Waals surface area contributed by atoms with E-state index in [1.54, 1.807) is 13.0 Å². The highest BCUT2D eigenvalue weighted by molar-refractivity contribution is 6.35. The van der Waals surface area contributed by atoms with E-state index in [1.807, 2.05) is 13.0 Å². The minimum absolute atomic E-state index is 0.168. The van der Waals surface area contributed by atoms with Crippen molar-refractivity contribution in [3.8, 4) is 5.75 Å². The zero-order valence-electron chi connectivity index (χ0n) is 11.2. The molecule has 0 atom stereocenters. The molecule has 20 heavy (non-hydrogen) atoms. The van der Waals surface area contributed by atoms with E-state index in [4.69, 9.17) is 32.5 Å². The van der Waals surface area contributed by atoms with Gasteiger partial charge in [0, 0.05) is 17.1 Å². The van der Waals surface area contributed by atoms with Gasteiger partial charge in [0.05, 0.1) is 5.02 Å². The van der Waals surface area contributed by atoms with E-state index in [-0.39, 0.29) is 6.61 Å². The number of hydrogen-bond acceptors (Lipinski definition) is 5. The number of ether oxygens (including phenoxy) is 1. The Bertz CT molecular complexity index is 587. The molecule has 0 saturated carbocycles. The summed E-state index contributed by atoms with van der Waals surface area (Å²) < 4.78 is 10.7. The SMILES string of the molecule is CCNCc1cc(Cl)cc(Cl)c1OCc1nc(C)no1. The number of halogens is 2. The Kier molecular flexibility index (Phi) is 5.23. The first-order valence-corrected chi connectivity index (χ1v) is 6.96. The largest absolute Gasteiger partial charge is 0.482 e. The topological polar surface area (TPSA) is 60.2 Å². The Morgan fingerprint density at radius 2 is 2.15 bits per heavy atom. The maximum absolute atomic E-state index is 6.18. The average Bonchev–Trinajstić information content (AvgIpc) is 2.80. The monoisotopic (exact) mass is 315 g/mol. The average molecular weight is 316 g/mol. The summed E-state index contributed by atoms with van der Waals surface area (Å²) in [4.78, 5) is 4.08. The lowest BCUT2D eigenvalue weighted by Gasteiger charge is -2.13. The normalized spacial score (nSPS) is 10.8. The number of hydrogen-bond donors (Lipinski definition) is 1. The summed E-state index contributed by atoms with van der Waals surface area (Å²) in [5, 5.41) is 7.95. The van der Waals surface area contributed by atoms with Gasteiger partial charge in [0.1, 0.15) is 5.75 Å². The highest BCUT2D eigenvalue weighted by atomic mass is 35.5. The van der Waals surface area contributed by atoms with Crippen molar-refractivity contribution in [2.75, 3.05) is 6.54 Å². The molecule has 0 radical (unpaired) electrons. The Labute approximate surface area is 127 Å². The van der Waals surface area contributed by atoms with Crippen molar-refractivity contribution in [3.63, 3.8) is 0 Å². The minimum atomic E-state index is 0.168. The Balaban J connectivity index is 2.16. The van der Waals surface area contributed by atoms with Gasteiger partial charge >= 0.3 is 0 Å². The van der Waals surface area contributed by atoms with Crippen LogP contribution >= 0.6 is 23.2 Å². The number of nitrogens with zero attached hydrogens (tertiary/aromatic N) is 2. The third kappa shape index (κ3) is 3.85. The number of aromatic nitrogens is 2. The Hall–Kier alpha value is -1.30. The molecule has 0 aliphatic carbocycles. The van der Waals surface area contributed by atoms with Crippen molar-refractivity contribution < 1.29 is 9.26 Å². The zero-order chi connectivity index (χ0) is 14.5. The highest BCUT2D eigenvalue weighted by Crippen LogP contribution is 2.33. The molecule has 0 aliphatic heterocycles. The van der Waals surface area contributed by atoms with Crippen LogP contribution in [0.1, 0.15) is 24.2 Å². The Morgan fingerprint density at radius 3 is 2.80 bits per heavy atom. The molecular formula is C13H15Cl2N3O2. The standard InChI is InChI=1S/C13H15Cl2N3O2/c1-3-16-6-9-4-10(14)5-11(15)13(9)19-7-12-17-8(2)18-20-12/h4-5,16H,3,6-7H2,1-2H3. The first kappa shape index (κ1) is 15.1. The quantitative estimate of drug-likeness (QED) is 0.885. The fourth-order valence-corrected chi connectivity index (χ4v) is 2.29. The van der Waals surface area contributed by atoms with E-state index in [2.05, 4.69) is 15.5 Å². The molecule has 1 aromatic heterocycles. The molecule has 0 aliphatic rings. The summed E-state index contributed by atoms with van der Waals surface area (Å²) >= 11 is 12.2. The molecule has 0 bridgehead atoms. The van der Waals surface area contributed by atoms with Crippen molar-refractivity contribution >= 4 is 23.2 Å². The lowest BCUT2D eigenvalue weighted by molar-refractivity contribution is 0.240. The maximum Gasteiger partial charge on any atom is 0.264 e. The predicted molar refractivity (Wildman–Crippen MR) is 77.2 cm³/mol. The van der Waals surface area contributed by atoms with Crippen LogP contribution in [0.15, 0.2) is 16.7 Å². The van der Waals surface area contributed by atoms with Crippen molar-refractivity contribution in [1.29, 1.82) is 0 Å². The molecule has 1 N–H and O–H groups in total. The summed E-state index contributed by atoms with van der Waals surface area (Å²) in [6, 6.07) is 3.47. The van der Waals surface area contributed by atoms with Gasteiger partial charge in [0.25, 0.3) is 5.89 Å². The maximum atomic E-state index is 6.18. The lowest BCUT2D eigenvalue weighted by atomic mass is 10.2. The molecule has 0 saturated heterocycles. The zero-order valence-corrected chi connectivity index (χ0v) is 12.8. The molecule has 108 valence electrons. The first-order chi connectivity index (χ1) is 9.60. The van der Waals surface area contributed by atoms with E-state index in [0.717, 1.165) is 12.1 Å². The molecule has 2 rings (SSSR count). The van der Waals surface area contributed by atoms with Gasteiger partial charge in [-0.2, -0.15) is 4.98 Å². The van der Waals surface area contributed by atoms with Gasteiger partial charge in [0.2, 0.25) is 0 Å². The van der Waals surface area contributed by atoms with Crippen LogP contribution in [0.2, 0.25) is 10.0 Å². The first-order valence-electron chi connectivity index (χ1n) is 6.20. The predicted octanol–water partition coefficient (Wildman–Crippen LogP) is 3.37. The van der Waals surface area contributed by atoms with Gasteiger partial charge < -0.3 is 14.6 Å². The van der Waals surface area contributed by atoms with E-state index >= 15 is 0 Å². The molecule has 5 nitrogen and oxygen atoms in total. The number of nitrogens with one attached hydrogen (secondary N) is 1. The molecule has 0 unspecified atom stereocenters. The third-order valence-electron chi connectivity index (χ3n) is 2.56. The van der Waals surface area contributed by atoms with Crippen molar-refractivity contribution in [1.82, 2.24) is 15.5 Å². The van der Waals surface area contributed by atoms with Crippen LogP contribution in [0.25, 0.3) is 0 Å². The minimum Gasteiger partial charge on any atom is -0.482 e. The lowest BCUT2D eigenvalue weighted by Crippen LogP contribution is -2.13. The van der Waals surface area contributed by atoms with Crippen molar-refractivity contribution in [3.05, 3.63) is 39.5 Å².